The summed E-state index contributed by atoms with van der Waals surface area (Å²) in [6.45, 7) is 3.03. The molecule has 2 heteroatoms. The van der Waals surface area contributed by atoms with Gasteiger partial charge in [-0.25, -0.2) is 0 Å². The highest BCUT2D eigenvalue weighted by molar-refractivity contribution is 4.89. The molecule has 2 N–H and O–H groups in total. The molecule has 0 heterocycles. The highest BCUT2D eigenvalue weighted by Gasteiger charge is 2.37. The Morgan fingerprint density at radius 3 is 2.25 bits per heavy atom. The lowest BCUT2D eigenvalue weighted by Crippen LogP contribution is -2.46. The first-order chi connectivity index (χ1) is 7.78. The first-order valence-electron chi connectivity index (χ1n) is 7.16. The van der Waals surface area contributed by atoms with Gasteiger partial charge in [0.05, 0.1) is 11.7 Å². The van der Waals surface area contributed by atoms with Crippen molar-refractivity contribution in [2.75, 3.05) is 6.54 Å². The largest absolute Gasteiger partial charge is 0.370 e. The molecule has 16 heavy (non-hydrogen) atoms. The second-order valence-corrected chi connectivity index (χ2v) is 5.76. The number of hydrogen-bond acceptors (Lipinski definition) is 2. The molecule has 2 rings (SSSR count). The molecule has 0 bridgehead atoms. The zero-order chi connectivity index (χ0) is 11.4. The van der Waals surface area contributed by atoms with Crippen molar-refractivity contribution in [2.24, 2.45) is 11.7 Å². The molecule has 0 amide bonds. The van der Waals surface area contributed by atoms with Gasteiger partial charge in [-0.3, -0.25) is 0 Å². The van der Waals surface area contributed by atoms with E-state index in [-0.39, 0.29) is 5.60 Å². The molecular weight excluding hydrogens is 198 g/mol. The maximum absolute atomic E-state index is 6.36. The fourth-order valence-corrected chi connectivity index (χ4v) is 3.34. The zero-order valence-corrected chi connectivity index (χ0v) is 10.7. The topological polar surface area (TPSA) is 35.2 Å². The number of rotatable bonds is 4. The molecule has 2 fully saturated rings. The molecule has 2 aliphatic rings. The van der Waals surface area contributed by atoms with Crippen molar-refractivity contribution in [3.63, 3.8) is 0 Å². The van der Waals surface area contributed by atoms with Gasteiger partial charge in [0.1, 0.15) is 0 Å². The lowest BCUT2D eigenvalue weighted by atomic mass is 9.77. The smallest absolute Gasteiger partial charge is 0.0808 e. The van der Waals surface area contributed by atoms with Crippen LogP contribution < -0.4 is 5.73 Å². The third kappa shape index (κ3) is 2.78. The van der Waals surface area contributed by atoms with E-state index < -0.39 is 0 Å². The summed E-state index contributed by atoms with van der Waals surface area (Å²) in [4.78, 5) is 0. The molecule has 0 saturated heterocycles. The number of ether oxygens (including phenoxy) is 1. The third-order valence-corrected chi connectivity index (χ3v) is 4.68. The highest BCUT2D eigenvalue weighted by Crippen LogP contribution is 2.38. The molecule has 0 aliphatic heterocycles. The van der Waals surface area contributed by atoms with E-state index in [4.69, 9.17) is 10.5 Å². The van der Waals surface area contributed by atoms with E-state index in [2.05, 4.69) is 6.92 Å². The summed E-state index contributed by atoms with van der Waals surface area (Å²) < 4.78 is 6.36. The molecule has 2 saturated carbocycles. The van der Waals surface area contributed by atoms with E-state index in [0.717, 1.165) is 12.5 Å². The summed E-state index contributed by atoms with van der Waals surface area (Å²) in [6.07, 6.45) is 12.1. The number of hydrogen-bond donors (Lipinski definition) is 1. The Balaban J connectivity index is 1.87. The average Bonchev–Trinajstić information content (AvgIpc) is 2.83. The maximum Gasteiger partial charge on any atom is 0.0808 e. The normalized spacial score (nSPS) is 36.8. The van der Waals surface area contributed by atoms with E-state index in [1.807, 2.05) is 0 Å². The molecule has 0 spiro atoms. The van der Waals surface area contributed by atoms with Crippen LogP contribution >= 0.6 is 0 Å². The van der Waals surface area contributed by atoms with Gasteiger partial charge in [-0.1, -0.05) is 26.2 Å². The van der Waals surface area contributed by atoms with Crippen molar-refractivity contribution >= 4 is 0 Å². The van der Waals surface area contributed by atoms with Gasteiger partial charge < -0.3 is 10.5 Å². The fraction of sp³-hybridized carbons (Fsp3) is 1.00. The van der Waals surface area contributed by atoms with Crippen LogP contribution in [0.15, 0.2) is 0 Å². The standard InChI is InChI=1S/C14H27NO/c1-2-12-7-9-14(11-15,10-8-12)16-13-5-3-4-6-13/h12-13H,2-11,15H2,1H3. The van der Waals surface area contributed by atoms with Crippen LogP contribution in [0, 0.1) is 5.92 Å². The monoisotopic (exact) mass is 225 g/mol. The molecule has 0 unspecified atom stereocenters. The van der Waals surface area contributed by atoms with E-state index >= 15 is 0 Å². The summed E-state index contributed by atoms with van der Waals surface area (Å²) in [6, 6.07) is 0. The van der Waals surface area contributed by atoms with Crippen LogP contribution in [0.5, 0.6) is 0 Å². The molecule has 2 aliphatic carbocycles. The summed E-state index contributed by atoms with van der Waals surface area (Å²) in [5, 5.41) is 0. The molecule has 0 aromatic carbocycles. The fourth-order valence-electron chi connectivity index (χ4n) is 3.34. The van der Waals surface area contributed by atoms with Crippen molar-refractivity contribution in [3.8, 4) is 0 Å². The Labute approximate surface area is 99.9 Å². The Hall–Kier alpha value is -0.0800. The summed E-state index contributed by atoms with van der Waals surface area (Å²) in [7, 11) is 0. The van der Waals surface area contributed by atoms with Crippen LogP contribution in [-0.4, -0.2) is 18.2 Å². The summed E-state index contributed by atoms with van der Waals surface area (Å²) in [5.74, 6) is 0.923. The Morgan fingerprint density at radius 1 is 1.12 bits per heavy atom. The molecule has 94 valence electrons. The Kier molecular flexibility index (Phi) is 4.26. The van der Waals surface area contributed by atoms with Crippen LogP contribution in [0.3, 0.4) is 0 Å². The van der Waals surface area contributed by atoms with Crippen molar-refractivity contribution in [3.05, 3.63) is 0 Å². The second-order valence-electron chi connectivity index (χ2n) is 5.76. The van der Waals surface area contributed by atoms with Gasteiger partial charge in [0, 0.05) is 6.54 Å². The van der Waals surface area contributed by atoms with Crippen molar-refractivity contribution in [2.45, 2.75) is 76.4 Å². The van der Waals surface area contributed by atoms with Gasteiger partial charge in [0.25, 0.3) is 0 Å². The van der Waals surface area contributed by atoms with Gasteiger partial charge in [-0.15, -0.1) is 0 Å². The van der Waals surface area contributed by atoms with Crippen molar-refractivity contribution in [1.82, 2.24) is 0 Å². The molecular formula is C14H27NO. The SMILES string of the molecule is CCC1CCC(CN)(OC2CCCC2)CC1. The Morgan fingerprint density at radius 2 is 1.75 bits per heavy atom. The van der Waals surface area contributed by atoms with Crippen LogP contribution in [-0.2, 0) is 4.74 Å². The Bertz CT molecular complexity index is 203. The van der Waals surface area contributed by atoms with E-state index in [1.54, 1.807) is 0 Å². The predicted octanol–water partition coefficient (Wildman–Crippen LogP) is 3.24. The van der Waals surface area contributed by atoms with Gasteiger partial charge in [0.15, 0.2) is 0 Å². The molecule has 0 aromatic heterocycles. The third-order valence-electron chi connectivity index (χ3n) is 4.68. The summed E-state index contributed by atoms with van der Waals surface area (Å²) >= 11 is 0. The molecule has 2 nitrogen and oxygen atoms in total. The van der Waals surface area contributed by atoms with Gasteiger partial charge in [-0.2, -0.15) is 0 Å². The predicted molar refractivity (Wildman–Crippen MR) is 67.4 cm³/mol. The molecule has 0 atom stereocenters. The summed E-state index contributed by atoms with van der Waals surface area (Å²) in [5.41, 5.74) is 6.02. The van der Waals surface area contributed by atoms with Crippen LogP contribution in [0.25, 0.3) is 0 Å². The minimum Gasteiger partial charge on any atom is -0.370 e. The lowest BCUT2D eigenvalue weighted by Gasteiger charge is -2.41. The van der Waals surface area contributed by atoms with Gasteiger partial charge in [-0.05, 0) is 44.4 Å². The maximum atomic E-state index is 6.36. The zero-order valence-electron chi connectivity index (χ0n) is 10.7. The van der Waals surface area contributed by atoms with Crippen LogP contribution in [0.2, 0.25) is 0 Å². The van der Waals surface area contributed by atoms with Crippen molar-refractivity contribution < 1.29 is 4.74 Å². The minimum absolute atomic E-state index is 0.0423. The molecule has 0 radical (unpaired) electrons. The van der Waals surface area contributed by atoms with Crippen molar-refractivity contribution in [1.29, 1.82) is 0 Å². The molecule has 0 aromatic rings. The van der Waals surface area contributed by atoms with E-state index in [1.165, 1.54) is 57.8 Å². The van der Waals surface area contributed by atoms with E-state index in [0.29, 0.717) is 6.10 Å². The van der Waals surface area contributed by atoms with Crippen LogP contribution in [0.4, 0.5) is 0 Å². The quantitative estimate of drug-likeness (QED) is 0.797. The average molecular weight is 225 g/mol. The lowest BCUT2D eigenvalue weighted by molar-refractivity contribution is -0.111. The minimum atomic E-state index is 0.0423. The van der Waals surface area contributed by atoms with E-state index in [9.17, 15) is 0 Å². The first kappa shape index (κ1) is 12.4. The van der Waals surface area contributed by atoms with Crippen LogP contribution in [0.1, 0.15) is 64.7 Å². The number of nitrogens with two attached hydrogens (primary N) is 1. The first-order valence-corrected chi connectivity index (χ1v) is 7.16. The highest BCUT2D eigenvalue weighted by atomic mass is 16.5. The van der Waals surface area contributed by atoms with Gasteiger partial charge in [0.2, 0.25) is 0 Å². The second kappa shape index (κ2) is 5.50. The van der Waals surface area contributed by atoms with Gasteiger partial charge >= 0.3 is 0 Å².